The van der Waals surface area contributed by atoms with Crippen LogP contribution < -0.4 is 0 Å². The highest BCUT2D eigenvalue weighted by atomic mass is 16.6. The maximum Gasteiger partial charge on any atom is 0.333 e. The van der Waals surface area contributed by atoms with Gasteiger partial charge >= 0.3 is 17.9 Å². The van der Waals surface area contributed by atoms with Crippen LogP contribution in [0.15, 0.2) is 45.8 Å². The molecule has 2 aliphatic heterocycles. The van der Waals surface area contributed by atoms with Gasteiger partial charge in [-0.25, -0.2) is 4.79 Å². The van der Waals surface area contributed by atoms with Gasteiger partial charge in [0.2, 0.25) is 0 Å². The Bertz CT molecular complexity index is 1380. The number of furan rings is 1. The van der Waals surface area contributed by atoms with E-state index in [4.69, 9.17) is 28.1 Å². The molecule has 234 valence electrons. The van der Waals surface area contributed by atoms with E-state index < -0.39 is 40.4 Å². The highest BCUT2D eigenvalue weighted by Crippen LogP contribution is 2.74. The predicted molar refractivity (Wildman–Crippen MR) is 155 cm³/mol. The van der Waals surface area contributed by atoms with Crippen molar-refractivity contribution in [3.05, 3.63) is 47.0 Å². The number of hydrogen-bond acceptors (Lipinski definition) is 9. The van der Waals surface area contributed by atoms with Crippen LogP contribution in [0.3, 0.4) is 0 Å². The molecular weight excluding hydrogens is 552 g/mol. The first-order chi connectivity index (χ1) is 20.3. The zero-order chi connectivity index (χ0) is 31.1. The van der Waals surface area contributed by atoms with Crippen molar-refractivity contribution < 1.29 is 42.5 Å². The molecule has 1 aromatic rings. The molecule has 0 N–H and O–H groups in total. The molecule has 0 bridgehead atoms. The molecule has 9 heteroatoms. The van der Waals surface area contributed by atoms with Gasteiger partial charge < -0.3 is 28.1 Å². The van der Waals surface area contributed by atoms with Gasteiger partial charge in [-0.1, -0.05) is 32.4 Å². The largest absolute Gasteiger partial charge is 0.472 e. The van der Waals surface area contributed by atoms with Gasteiger partial charge in [0.15, 0.2) is 0 Å². The van der Waals surface area contributed by atoms with Crippen LogP contribution in [-0.2, 0) is 38.1 Å². The molecule has 11 unspecified atom stereocenters. The molecule has 2 saturated carbocycles. The van der Waals surface area contributed by atoms with E-state index in [-0.39, 0.29) is 48.5 Å². The van der Waals surface area contributed by atoms with Gasteiger partial charge in [-0.3, -0.25) is 9.59 Å². The SMILES string of the molecule is C/C=C(\C)C(=O)OC1CC(OC(C)=O)C2(C)C3C(OCC13C)C1OC3CC(c4ccoc4)C(C)=C3C1(C)C2CC(=O)OC. The maximum absolute atomic E-state index is 13.3. The topological polar surface area (TPSA) is 111 Å². The van der Waals surface area contributed by atoms with Gasteiger partial charge in [-0.05, 0) is 50.3 Å². The molecule has 3 heterocycles. The summed E-state index contributed by atoms with van der Waals surface area (Å²) < 4.78 is 36.8. The molecule has 1 aromatic heterocycles. The Morgan fingerprint density at radius 3 is 2.47 bits per heavy atom. The highest BCUT2D eigenvalue weighted by Gasteiger charge is 2.78. The third-order valence-electron chi connectivity index (χ3n) is 12.0. The summed E-state index contributed by atoms with van der Waals surface area (Å²) >= 11 is 0. The lowest BCUT2D eigenvalue weighted by atomic mass is 9.40. The van der Waals surface area contributed by atoms with E-state index in [1.807, 2.05) is 6.07 Å². The minimum Gasteiger partial charge on any atom is -0.472 e. The van der Waals surface area contributed by atoms with E-state index in [1.165, 1.54) is 25.2 Å². The molecule has 0 aromatic carbocycles. The van der Waals surface area contributed by atoms with Crippen LogP contribution in [0.25, 0.3) is 0 Å². The summed E-state index contributed by atoms with van der Waals surface area (Å²) in [6, 6.07) is 2.00. The fourth-order valence-corrected chi connectivity index (χ4v) is 10.0. The fraction of sp³-hybridized carbons (Fsp3) is 0.676. The molecule has 2 saturated heterocycles. The van der Waals surface area contributed by atoms with Crippen LogP contribution in [-0.4, -0.2) is 62.1 Å². The molecule has 0 radical (unpaired) electrons. The number of fused-ring (bicyclic) bond motifs is 4. The van der Waals surface area contributed by atoms with Crippen molar-refractivity contribution in [3.8, 4) is 0 Å². The zero-order valence-electron chi connectivity index (χ0n) is 26.4. The molecule has 0 amide bonds. The van der Waals surface area contributed by atoms with E-state index in [0.29, 0.717) is 18.6 Å². The number of methoxy groups -OCH3 is 1. The number of ether oxygens (including phenoxy) is 5. The molecule has 6 rings (SSSR count). The first-order valence-corrected chi connectivity index (χ1v) is 15.4. The van der Waals surface area contributed by atoms with Gasteiger partial charge in [0.05, 0.1) is 44.6 Å². The van der Waals surface area contributed by atoms with Crippen molar-refractivity contribution in [3.63, 3.8) is 0 Å². The Hall–Kier alpha value is -2.91. The summed E-state index contributed by atoms with van der Waals surface area (Å²) in [4.78, 5) is 39.0. The molecule has 0 spiro atoms. The molecule has 4 fully saturated rings. The molecule has 43 heavy (non-hydrogen) atoms. The molecule has 5 aliphatic rings. The average Bonchev–Trinajstić information content (AvgIpc) is 3.73. The van der Waals surface area contributed by atoms with E-state index in [1.54, 1.807) is 32.4 Å². The van der Waals surface area contributed by atoms with Crippen LogP contribution in [0.4, 0.5) is 0 Å². The first kappa shape index (κ1) is 30.1. The van der Waals surface area contributed by atoms with E-state index in [2.05, 4.69) is 27.7 Å². The van der Waals surface area contributed by atoms with Gasteiger partial charge in [0.25, 0.3) is 0 Å². The lowest BCUT2D eigenvalue weighted by molar-refractivity contribution is -0.251. The second kappa shape index (κ2) is 10.3. The van der Waals surface area contributed by atoms with Crippen molar-refractivity contribution in [1.82, 2.24) is 0 Å². The van der Waals surface area contributed by atoms with Crippen LogP contribution in [0.5, 0.6) is 0 Å². The Labute approximate surface area is 253 Å². The zero-order valence-corrected chi connectivity index (χ0v) is 26.4. The average molecular weight is 597 g/mol. The maximum atomic E-state index is 13.3. The molecule has 9 nitrogen and oxygen atoms in total. The van der Waals surface area contributed by atoms with Gasteiger partial charge in [-0.15, -0.1) is 0 Å². The number of esters is 3. The summed E-state index contributed by atoms with van der Waals surface area (Å²) in [5, 5.41) is 0. The third-order valence-corrected chi connectivity index (χ3v) is 12.0. The second-order valence-corrected chi connectivity index (χ2v) is 13.9. The number of hydrogen-bond donors (Lipinski definition) is 0. The van der Waals surface area contributed by atoms with E-state index >= 15 is 0 Å². The van der Waals surface area contributed by atoms with Crippen molar-refractivity contribution >= 4 is 17.9 Å². The van der Waals surface area contributed by atoms with Crippen molar-refractivity contribution in [2.24, 2.45) is 28.1 Å². The number of allylic oxidation sites excluding steroid dienone is 2. The van der Waals surface area contributed by atoms with E-state index in [9.17, 15) is 14.4 Å². The summed E-state index contributed by atoms with van der Waals surface area (Å²) in [6.45, 7) is 13.9. The molecule has 11 atom stereocenters. The van der Waals surface area contributed by atoms with E-state index in [0.717, 1.165) is 12.0 Å². The molecular formula is C34H44O9. The second-order valence-electron chi connectivity index (χ2n) is 13.9. The van der Waals surface area contributed by atoms with Crippen LogP contribution >= 0.6 is 0 Å². The first-order valence-electron chi connectivity index (χ1n) is 15.4. The normalized spacial score (nSPS) is 43.1. The molecule has 3 aliphatic carbocycles. The third kappa shape index (κ3) is 4.13. The number of rotatable bonds is 6. The number of carbonyl (C=O) groups excluding carboxylic acids is 3. The van der Waals surface area contributed by atoms with Crippen molar-refractivity contribution in [2.75, 3.05) is 13.7 Å². The van der Waals surface area contributed by atoms with Gasteiger partial charge in [0.1, 0.15) is 12.2 Å². The summed E-state index contributed by atoms with van der Waals surface area (Å²) in [5.41, 5.74) is 2.12. The van der Waals surface area contributed by atoms with Crippen molar-refractivity contribution in [1.29, 1.82) is 0 Å². The summed E-state index contributed by atoms with van der Waals surface area (Å²) in [7, 11) is 1.41. The Morgan fingerprint density at radius 2 is 1.84 bits per heavy atom. The van der Waals surface area contributed by atoms with Gasteiger partial charge in [-0.2, -0.15) is 0 Å². The Morgan fingerprint density at radius 1 is 1.09 bits per heavy atom. The summed E-state index contributed by atoms with van der Waals surface area (Å²) in [5.74, 6) is -1.53. The lowest BCUT2D eigenvalue weighted by Crippen LogP contribution is -2.71. The van der Waals surface area contributed by atoms with Gasteiger partial charge in [0, 0.05) is 53.4 Å². The Balaban J connectivity index is 1.52. The fourth-order valence-electron chi connectivity index (χ4n) is 10.0. The monoisotopic (exact) mass is 596 g/mol. The minimum atomic E-state index is -0.723. The minimum absolute atomic E-state index is 0.127. The lowest BCUT2D eigenvalue weighted by Gasteiger charge is -2.65. The highest BCUT2D eigenvalue weighted by molar-refractivity contribution is 5.87. The Kier molecular flexibility index (Phi) is 7.24. The number of carbonyl (C=O) groups is 3. The summed E-state index contributed by atoms with van der Waals surface area (Å²) in [6.07, 6.45) is 4.40. The van der Waals surface area contributed by atoms with Crippen LogP contribution in [0.2, 0.25) is 0 Å². The smallest absolute Gasteiger partial charge is 0.333 e. The van der Waals surface area contributed by atoms with Crippen molar-refractivity contribution in [2.45, 2.75) is 104 Å². The predicted octanol–water partition coefficient (Wildman–Crippen LogP) is 5.29. The standard InChI is InChI=1S/C34H44O9/c1-9-17(2)31(37)43-24-14-25(41-19(4)35)33(6)23(13-26(36)38-8)34(7)27-18(3)21(20-10-11-39-15-20)12-22(27)42-30(34)28-29(33)32(24,5)16-40-28/h9-11,15,21-25,28-30H,12-14,16H2,1-8H3/b17-9+. The van der Waals surface area contributed by atoms with Crippen LogP contribution in [0.1, 0.15) is 79.2 Å². The van der Waals surface area contributed by atoms with Crippen LogP contribution in [0, 0.1) is 28.1 Å². The quantitative estimate of drug-likeness (QED) is 0.187.